The van der Waals surface area contributed by atoms with Crippen molar-refractivity contribution in [3.8, 4) is 0 Å². The molecule has 0 radical (unpaired) electrons. The highest BCUT2D eigenvalue weighted by Gasteiger charge is 2.41. The topological polar surface area (TPSA) is 30.3 Å². The number of ether oxygens (including phenoxy) is 1. The molecule has 2 aliphatic rings. The molecule has 1 fully saturated rings. The number of nitrogens with zero attached hydrogens (tertiary/aromatic N) is 3. The Morgan fingerprint density at radius 3 is 3.00 bits per heavy atom. The van der Waals surface area contributed by atoms with Crippen molar-refractivity contribution < 1.29 is 4.74 Å². The van der Waals surface area contributed by atoms with Crippen LogP contribution in [0.2, 0.25) is 0 Å². The Labute approximate surface area is 129 Å². The first-order valence-corrected chi connectivity index (χ1v) is 8.54. The minimum absolute atomic E-state index is 0.000112. The molecule has 21 heavy (non-hydrogen) atoms. The van der Waals surface area contributed by atoms with E-state index in [1.807, 2.05) is 23.7 Å². The fourth-order valence-electron chi connectivity index (χ4n) is 3.55. The van der Waals surface area contributed by atoms with Crippen LogP contribution in [0.4, 0.5) is 0 Å². The first-order chi connectivity index (χ1) is 10.3. The van der Waals surface area contributed by atoms with Gasteiger partial charge in [-0.25, -0.2) is 4.98 Å². The van der Waals surface area contributed by atoms with E-state index in [9.17, 15) is 0 Å². The number of piperidine rings is 1. The molecule has 0 saturated carbocycles. The maximum atomic E-state index is 6.26. The Hall–Kier alpha value is -1.17. The molecule has 1 spiro atoms. The fraction of sp³-hybridized carbons (Fsp3) is 0.562. The summed E-state index contributed by atoms with van der Waals surface area (Å²) in [6.45, 7) is 3.99. The first-order valence-electron chi connectivity index (χ1n) is 7.66. The summed E-state index contributed by atoms with van der Waals surface area (Å²) in [4.78, 5) is 8.42. The van der Waals surface area contributed by atoms with Crippen molar-refractivity contribution in [1.29, 1.82) is 0 Å². The molecule has 112 valence electrons. The van der Waals surface area contributed by atoms with Crippen molar-refractivity contribution in [1.82, 2.24) is 14.5 Å². The highest BCUT2D eigenvalue weighted by atomic mass is 32.1. The number of aromatic nitrogens is 2. The van der Waals surface area contributed by atoms with E-state index in [0.29, 0.717) is 0 Å². The molecule has 0 unspecified atom stereocenters. The second-order valence-corrected chi connectivity index (χ2v) is 7.01. The van der Waals surface area contributed by atoms with Crippen LogP contribution in [0.15, 0.2) is 23.8 Å². The molecule has 4 heterocycles. The van der Waals surface area contributed by atoms with E-state index in [4.69, 9.17) is 4.74 Å². The van der Waals surface area contributed by atoms with E-state index in [2.05, 4.69) is 32.9 Å². The quantitative estimate of drug-likeness (QED) is 0.854. The zero-order valence-corrected chi connectivity index (χ0v) is 13.2. The van der Waals surface area contributed by atoms with Crippen molar-refractivity contribution in [2.75, 3.05) is 19.7 Å². The fourth-order valence-corrected chi connectivity index (χ4v) is 4.71. The Balaban J connectivity index is 1.47. The van der Waals surface area contributed by atoms with Gasteiger partial charge in [0.1, 0.15) is 11.4 Å². The SMILES string of the molecule is Cn1ccnc1CN1CCC2(CC1)OCCc1ccsc12. The minimum Gasteiger partial charge on any atom is -0.369 e. The molecule has 2 aliphatic heterocycles. The molecule has 0 aromatic carbocycles. The number of imidazole rings is 1. The maximum Gasteiger partial charge on any atom is 0.122 e. The van der Waals surface area contributed by atoms with Crippen molar-refractivity contribution in [3.05, 3.63) is 40.1 Å². The maximum absolute atomic E-state index is 6.26. The first kappa shape index (κ1) is 13.5. The van der Waals surface area contributed by atoms with Crippen LogP contribution in [-0.2, 0) is 30.4 Å². The van der Waals surface area contributed by atoms with E-state index >= 15 is 0 Å². The molecule has 0 N–H and O–H groups in total. The van der Waals surface area contributed by atoms with Gasteiger partial charge in [-0.2, -0.15) is 0 Å². The number of aryl methyl sites for hydroxylation is 1. The van der Waals surface area contributed by atoms with Gasteiger partial charge >= 0.3 is 0 Å². The average molecular weight is 303 g/mol. The van der Waals surface area contributed by atoms with Gasteiger partial charge < -0.3 is 9.30 Å². The summed E-state index contributed by atoms with van der Waals surface area (Å²) in [5.74, 6) is 1.15. The lowest BCUT2D eigenvalue weighted by Crippen LogP contribution is -2.45. The van der Waals surface area contributed by atoms with Gasteiger partial charge in [0.2, 0.25) is 0 Å². The van der Waals surface area contributed by atoms with E-state index in [0.717, 1.165) is 51.3 Å². The summed E-state index contributed by atoms with van der Waals surface area (Å²) >= 11 is 1.88. The normalized spacial score (nSPS) is 21.6. The van der Waals surface area contributed by atoms with E-state index in [-0.39, 0.29) is 5.60 Å². The number of fused-ring (bicyclic) bond motifs is 2. The van der Waals surface area contributed by atoms with Gasteiger partial charge in [-0.3, -0.25) is 4.90 Å². The molecule has 0 amide bonds. The summed E-state index contributed by atoms with van der Waals surface area (Å²) in [6, 6.07) is 2.28. The van der Waals surface area contributed by atoms with Crippen LogP contribution in [-0.4, -0.2) is 34.1 Å². The monoisotopic (exact) mass is 303 g/mol. The van der Waals surface area contributed by atoms with Crippen molar-refractivity contribution in [2.24, 2.45) is 7.05 Å². The Bertz CT molecular complexity index is 625. The number of hydrogen-bond donors (Lipinski definition) is 0. The van der Waals surface area contributed by atoms with Crippen LogP contribution < -0.4 is 0 Å². The molecule has 4 rings (SSSR count). The summed E-state index contributed by atoms with van der Waals surface area (Å²) in [5.41, 5.74) is 1.52. The molecule has 1 saturated heterocycles. The third-order valence-electron chi connectivity index (χ3n) is 4.86. The van der Waals surface area contributed by atoms with Crippen molar-refractivity contribution in [2.45, 2.75) is 31.4 Å². The van der Waals surface area contributed by atoms with Crippen LogP contribution in [0.1, 0.15) is 29.1 Å². The number of rotatable bonds is 2. The number of thiophene rings is 1. The highest BCUT2D eigenvalue weighted by molar-refractivity contribution is 7.10. The van der Waals surface area contributed by atoms with Gasteiger partial charge in [0.05, 0.1) is 13.2 Å². The molecule has 2 aromatic rings. The molecule has 4 nitrogen and oxygen atoms in total. The zero-order valence-electron chi connectivity index (χ0n) is 12.4. The standard InChI is InChI=1S/C16H21N3OS/c1-18-9-6-17-14(18)12-19-7-4-16(5-8-19)15-13(2-10-20-16)3-11-21-15/h3,6,9,11H,2,4-5,7-8,10,12H2,1H3. The predicted octanol–water partition coefficient (Wildman–Crippen LogP) is 2.55. The number of hydrogen-bond acceptors (Lipinski definition) is 4. The largest absolute Gasteiger partial charge is 0.369 e. The van der Waals surface area contributed by atoms with E-state index < -0.39 is 0 Å². The second kappa shape index (κ2) is 5.23. The molecular formula is C16H21N3OS. The number of likely N-dealkylation sites (tertiary alicyclic amines) is 1. The molecule has 2 aromatic heterocycles. The van der Waals surface area contributed by atoms with Crippen LogP contribution in [0.5, 0.6) is 0 Å². The Morgan fingerprint density at radius 2 is 2.24 bits per heavy atom. The molecular weight excluding hydrogens is 282 g/mol. The predicted molar refractivity (Wildman–Crippen MR) is 83.4 cm³/mol. The summed E-state index contributed by atoms with van der Waals surface area (Å²) in [5, 5.41) is 2.22. The highest BCUT2D eigenvalue weighted by Crippen LogP contribution is 2.44. The van der Waals surface area contributed by atoms with Gasteiger partial charge in [0.15, 0.2) is 0 Å². The lowest BCUT2D eigenvalue weighted by atomic mass is 9.85. The second-order valence-electron chi connectivity index (χ2n) is 6.10. The lowest BCUT2D eigenvalue weighted by molar-refractivity contribution is -0.0963. The van der Waals surface area contributed by atoms with Gasteiger partial charge in [0.25, 0.3) is 0 Å². The molecule has 0 atom stereocenters. The van der Waals surface area contributed by atoms with Crippen LogP contribution in [0.3, 0.4) is 0 Å². The molecule has 0 aliphatic carbocycles. The molecule has 5 heteroatoms. The Morgan fingerprint density at radius 1 is 1.38 bits per heavy atom. The molecule has 0 bridgehead atoms. The van der Waals surface area contributed by atoms with Gasteiger partial charge in [-0.05, 0) is 36.3 Å². The lowest BCUT2D eigenvalue weighted by Gasteiger charge is -2.43. The minimum atomic E-state index is -0.000112. The van der Waals surface area contributed by atoms with E-state index in [1.54, 1.807) is 0 Å². The van der Waals surface area contributed by atoms with Crippen LogP contribution in [0.25, 0.3) is 0 Å². The van der Waals surface area contributed by atoms with Gasteiger partial charge in [-0.1, -0.05) is 0 Å². The van der Waals surface area contributed by atoms with Crippen molar-refractivity contribution >= 4 is 11.3 Å². The van der Waals surface area contributed by atoms with Crippen LogP contribution >= 0.6 is 11.3 Å². The van der Waals surface area contributed by atoms with E-state index in [1.165, 1.54) is 10.4 Å². The average Bonchev–Trinajstić information content (AvgIpc) is 3.12. The summed E-state index contributed by atoms with van der Waals surface area (Å²) < 4.78 is 8.37. The van der Waals surface area contributed by atoms with Gasteiger partial charge in [-0.15, -0.1) is 11.3 Å². The Kier molecular flexibility index (Phi) is 3.36. The summed E-state index contributed by atoms with van der Waals surface area (Å²) in [6.07, 6.45) is 7.18. The van der Waals surface area contributed by atoms with Gasteiger partial charge in [0, 0.05) is 37.4 Å². The third kappa shape index (κ3) is 2.33. The summed E-state index contributed by atoms with van der Waals surface area (Å²) in [7, 11) is 2.07. The third-order valence-corrected chi connectivity index (χ3v) is 6.00. The smallest absolute Gasteiger partial charge is 0.122 e. The van der Waals surface area contributed by atoms with Crippen LogP contribution in [0, 0.1) is 0 Å². The zero-order chi connectivity index (χ0) is 14.3. The van der Waals surface area contributed by atoms with Crippen molar-refractivity contribution in [3.63, 3.8) is 0 Å².